The molecule has 1 N–H and O–H groups in total. The van der Waals surface area contributed by atoms with Crippen molar-refractivity contribution in [2.75, 3.05) is 24.2 Å². The monoisotopic (exact) mass is 636 g/mol. The maximum atomic E-state index is 15.8. The summed E-state index contributed by atoms with van der Waals surface area (Å²) in [5.74, 6) is -2.38. The predicted octanol–water partition coefficient (Wildman–Crippen LogP) is 4.04. The molecule has 6 rings (SSSR count). The second kappa shape index (κ2) is 11.3. The Morgan fingerprint density at radius 2 is 1.87 bits per heavy atom. The normalized spacial score (nSPS) is 13.6. The van der Waals surface area contributed by atoms with Crippen LogP contribution in [0.1, 0.15) is 55.6 Å². The van der Waals surface area contributed by atoms with Crippen LogP contribution in [0.25, 0.3) is 28.0 Å². The molecule has 1 aliphatic rings. The fraction of sp³-hybridized carbons (Fsp3) is 0.333. The molecule has 0 saturated heterocycles. The van der Waals surface area contributed by atoms with Crippen LogP contribution in [0.4, 0.5) is 14.6 Å². The van der Waals surface area contributed by atoms with Gasteiger partial charge in [-0.1, -0.05) is 19.9 Å². The number of pyridine rings is 2. The number of fused-ring (bicyclic) bond motifs is 1. The Hall–Kier alpha value is -4.79. The van der Waals surface area contributed by atoms with Crippen molar-refractivity contribution in [2.45, 2.75) is 45.4 Å². The summed E-state index contributed by atoms with van der Waals surface area (Å²) in [6.45, 7) is 5.42. The summed E-state index contributed by atoms with van der Waals surface area (Å²) in [6, 6.07) is 6.29. The second-order valence-electron chi connectivity index (χ2n) is 11.4. The maximum Gasteiger partial charge on any atom is 0.355 e. The van der Waals surface area contributed by atoms with Crippen LogP contribution in [0.5, 0.6) is 5.75 Å². The van der Waals surface area contributed by atoms with Gasteiger partial charge in [0.15, 0.2) is 17.3 Å². The lowest BCUT2D eigenvalue weighted by Crippen LogP contribution is -2.33. The first kappa shape index (κ1) is 30.2. The van der Waals surface area contributed by atoms with Crippen LogP contribution < -0.4 is 10.6 Å². The van der Waals surface area contributed by atoms with Gasteiger partial charge in [-0.25, -0.2) is 36.5 Å². The number of anilines is 1. The van der Waals surface area contributed by atoms with Gasteiger partial charge < -0.3 is 10.0 Å². The van der Waals surface area contributed by atoms with E-state index in [9.17, 15) is 22.7 Å². The summed E-state index contributed by atoms with van der Waals surface area (Å²) in [7, 11) is -2.41. The molecule has 0 amide bonds. The Morgan fingerprint density at radius 1 is 1.11 bits per heavy atom. The van der Waals surface area contributed by atoms with Crippen molar-refractivity contribution in [1.29, 1.82) is 0 Å². The molecule has 1 aliphatic carbocycles. The molecule has 4 aromatic heterocycles. The van der Waals surface area contributed by atoms with Gasteiger partial charge >= 0.3 is 5.69 Å². The molecule has 45 heavy (non-hydrogen) atoms. The van der Waals surface area contributed by atoms with Gasteiger partial charge in [0.25, 0.3) is 10.0 Å². The molecule has 1 saturated carbocycles. The molecule has 0 bridgehead atoms. The molecular weight excluding hydrogens is 606 g/mol. The third kappa shape index (κ3) is 5.52. The summed E-state index contributed by atoms with van der Waals surface area (Å²) in [5.41, 5.74) is -0.274. The van der Waals surface area contributed by atoms with Gasteiger partial charge in [-0.2, -0.15) is 4.98 Å². The fourth-order valence-corrected chi connectivity index (χ4v) is 6.27. The van der Waals surface area contributed by atoms with Gasteiger partial charge in [0, 0.05) is 25.7 Å². The van der Waals surface area contributed by atoms with Crippen molar-refractivity contribution in [2.24, 2.45) is 0 Å². The number of aryl methyl sites for hydroxylation is 1. The highest BCUT2D eigenvalue weighted by atomic mass is 32.2. The average molecular weight is 637 g/mol. The molecule has 0 atom stereocenters. The quantitative estimate of drug-likeness (QED) is 0.251. The summed E-state index contributed by atoms with van der Waals surface area (Å²) in [4.78, 5) is 32.5. The molecular formula is C30H30F2N8O4S. The van der Waals surface area contributed by atoms with Crippen molar-refractivity contribution in [3.63, 3.8) is 0 Å². The van der Waals surface area contributed by atoms with Gasteiger partial charge in [-0.05, 0) is 55.5 Å². The van der Waals surface area contributed by atoms with E-state index in [4.69, 9.17) is 0 Å². The summed E-state index contributed by atoms with van der Waals surface area (Å²) >= 11 is 0. The fourth-order valence-electron chi connectivity index (χ4n) is 5.18. The zero-order chi connectivity index (χ0) is 32.2. The first-order valence-electron chi connectivity index (χ1n) is 14.3. The number of phenols is 1. The van der Waals surface area contributed by atoms with E-state index in [1.807, 2.05) is 13.8 Å². The SMILES string of the molecule is Cc1ccnc(C(C)C)c1-n1c(=O)nc(N(C)CCS(=O)(=O)n2cnc(C3CC3)n2)c2cc(F)c(-c3c(O)cccc3F)nc21. The Balaban J connectivity index is 1.51. The van der Waals surface area contributed by atoms with Gasteiger partial charge in [0.2, 0.25) is 0 Å². The Kier molecular flexibility index (Phi) is 7.59. The van der Waals surface area contributed by atoms with Gasteiger partial charge in [-0.3, -0.25) is 4.98 Å². The molecule has 12 nitrogen and oxygen atoms in total. The topological polar surface area (TPSA) is 149 Å². The zero-order valence-electron chi connectivity index (χ0n) is 24.9. The van der Waals surface area contributed by atoms with E-state index in [1.54, 1.807) is 19.2 Å². The van der Waals surface area contributed by atoms with Gasteiger partial charge in [0.05, 0.1) is 28.1 Å². The van der Waals surface area contributed by atoms with Gasteiger partial charge in [0.1, 0.15) is 29.4 Å². The lowest BCUT2D eigenvalue weighted by Gasteiger charge is -2.23. The van der Waals surface area contributed by atoms with Crippen LogP contribution in [0.2, 0.25) is 0 Å². The Labute approximate surface area is 257 Å². The number of rotatable bonds is 9. The molecule has 0 unspecified atom stereocenters. The largest absolute Gasteiger partial charge is 0.507 e. The first-order chi connectivity index (χ1) is 21.4. The number of hydrogen-bond acceptors (Lipinski definition) is 10. The van der Waals surface area contributed by atoms with Crippen molar-refractivity contribution < 1.29 is 22.3 Å². The first-order valence-corrected chi connectivity index (χ1v) is 15.9. The number of aromatic hydroxyl groups is 1. The van der Waals surface area contributed by atoms with Crippen molar-refractivity contribution in [3.05, 3.63) is 82.1 Å². The summed E-state index contributed by atoms with van der Waals surface area (Å²) in [5, 5.41) is 14.6. The number of nitrogens with zero attached hydrogens (tertiary/aromatic N) is 8. The number of phenolic OH excluding ortho intramolecular Hbond substituents is 1. The van der Waals surface area contributed by atoms with Gasteiger partial charge in [-0.15, -0.1) is 9.19 Å². The molecule has 4 heterocycles. The highest BCUT2D eigenvalue weighted by Crippen LogP contribution is 2.38. The number of benzene rings is 1. The molecule has 15 heteroatoms. The highest BCUT2D eigenvalue weighted by molar-refractivity contribution is 7.89. The average Bonchev–Trinajstić information content (AvgIpc) is 3.71. The number of aromatic nitrogens is 7. The zero-order valence-corrected chi connectivity index (χ0v) is 25.8. The van der Waals surface area contributed by atoms with Crippen LogP contribution in [-0.4, -0.2) is 66.6 Å². The molecule has 1 fully saturated rings. The van der Waals surface area contributed by atoms with Crippen molar-refractivity contribution >= 4 is 26.9 Å². The van der Waals surface area contributed by atoms with Crippen LogP contribution in [-0.2, 0) is 10.0 Å². The second-order valence-corrected chi connectivity index (χ2v) is 13.3. The number of halogens is 2. The van der Waals surface area contributed by atoms with E-state index in [0.29, 0.717) is 22.8 Å². The van der Waals surface area contributed by atoms with Crippen molar-refractivity contribution in [3.8, 4) is 22.7 Å². The van der Waals surface area contributed by atoms with E-state index in [-0.39, 0.29) is 35.2 Å². The third-order valence-electron chi connectivity index (χ3n) is 7.72. The minimum absolute atomic E-state index is 0.0398. The van der Waals surface area contributed by atoms with E-state index in [2.05, 4.69) is 25.0 Å². The molecule has 0 aliphatic heterocycles. The van der Waals surface area contributed by atoms with E-state index in [1.165, 1.54) is 35.0 Å². The van der Waals surface area contributed by atoms with Crippen molar-refractivity contribution in [1.82, 2.24) is 33.7 Å². The minimum Gasteiger partial charge on any atom is -0.507 e. The smallest absolute Gasteiger partial charge is 0.355 e. The molecule has 5 aromatic rings. The highest BCUT2D eigenvalue weighted by Gasteiger charge is 2.30. The summed E-state index contributed by atoms with van der Waals surface area (Å²) in [6.07, 6.45) is 4.60. The van der Waals surface area contributed by atoms with Crippen LogP contribution >= 0.6 is 0 Å². The van der Waals surface area contributed by atoms with Crippen LogP contribution in [0.15, 0.2) is 47.7 Å². The molecule has 0 spiro atoms. The lowest BCUT2D eigenvalue weighted by atomic mass is 10.0. The minimum atomic E-state index is -3.92. The predicted molar refractivity (Wildman–Crippen MR) is 163 cm³/mol. The van der Waals surface area contributed by atoms with E-state index < -0.39 is 50.1 Å². The van der Waals surface area contributed by atoms with Crippen LogP contribution in [0.3, 0.4) is 0 Å². The standard InChI is InChI=1S/C30H30F2N8O4S/c1-16(2)24-26(17(3)10-11-33-24)40-29-19(14-21(32)25(35-29)23-20(31)6-5-7-22(23)41)28(36-30(40)42)38(4)12-13-45(43,44)39-15-34-27(37-39)18-8-9-18/h5-7,10-11,14-16,18,41H,8-9,12-13H2,1-4H3. The van der Waals surface area contributed by atoms with Crippen LogP contribution in [0, 0.1) is 18.6 Å². The maximum absolute atomic E-state index is 15.8. The third-order valence-corrected chi connectivity index (χ3v) is 9.16. The molecule has 234 valence electrons. The summed E-state index contributed by atoms with van der Waals surface area (Å²) < 4.78 is 58.9. The number of hydrogen-bond donors (Lipinski definition) is 1. The molecule has 1 aromatic carbocycles. The molecule has 0 radical (unpaired) electrons. The lowest BCUT2D eigenvalue weighted by molar-refractivity contribution is 0.470. The van der Waals surface area contributed by atoms with E-state index in [0.717, 1.165) is 29.1 Å². The Morgan fingerprint density at radius 3 is 2.56 bits per heavy atom. The Bertz CT molecular complexity index is 2110. The van der Waals surface area contributed by atoms with E-state index >= 15 is 4.39 Å².